The molecule has 0 fully saturated rings. The Kier molecular flexibility index (Phi) is 4.67. The number of hydrogen-bond acceptors (Lipinski definition) is 5. The maximum atomic E-state index is 4.95. The molecule has 1 aliphatic rings. The van der Waals surface area contributed by atoms with Crippen LogP contribution in [0.1, 0.15) is 22.4 Å². The van der Waals surface area contributed by atoms with Crippen molar-refractivity contribution in [1.29, 1.82) is 0 Å². The monoisotopic (exact) mass is 386 g/mol. The van der Waals surface area contributed by atoms with Crippen LogP contribution in [0.3, 0.4) is 0 Å². The van der Waals surface area contributed by atoms with Crippen LogP contribution in [0.4, 0.5) is 11.8 Å². The van der Waals surface area contributed by atoms with E-state index in [1.54, 1.807) is 0 Å². The van der Waals surface area contributed by atoms with E-state index in [2.05, 4.69) is 58.1 Å². The van der Waals surface area contributed by atoms with Gasteiger partial charge in [-0.3, -0.25) is 0 Å². The first kappa shape index (κ1) is 17.2. The van der Waals surface area contributed by atoms with Crippen LogP contribution in [0, 0.1) is 0 Å². The Morgan fingerprint density at radius 2 is 1.82 bits per heavy atom. The zero-order chi connectivity index (χ0) is 18.8. The maximum Gasteiger partial charge on any atom is 0.228 e. The first-order chi connectivity index (χ1) is 13.9. The van der Waals surface area contributed by atoms with Gasteiger partial charge in [-0.2, -0.15) is 4.98 Å². The number of nitrogens with zero attached hydrogens (tertiary/aromatic N) is 3. The number of benzene rings is 2. The molecule has 0 amide bonds. The number of aromatic nitrogens is 2. The highest BCUT2D eigenvalue weighted by Gasteiger charge is 2.19. The Morgan fingerprint density at radius 1 is 0.964 bits per heavy atom. The summed E-state index contributed by atoms with van der Waals surface area (Å²) in [7, 11) is 0. The standard InChI is InChI=1S/C23H22N4S/c1-2-7-17(8-3-1)15-24-22-19-9-4-5-10-20(19)25-23(26-22)27-13-6-11-21-18(16-27)12-14-28-21/h1-5,7-10,12,14H,6,11,13,15-16H2,(H,24,25,26). The number of hydrogen-bond donors (Lipinski definition) is 1. The minimum Gasteiger partial charge on any atom is -0.365 e. The van der Waals surface area contributed by atoms with Crippen molar-refractivity contribution >= 4 is 34.0 Å². The highest BCUT2D eigenvalue weighted by molar-refractivity contribution is 7.10. The van der Waals surface area contributed by atoms with Gasteiger partial charge in [-0.25, -0.2) is 4.98 Å². The van der Waals surface area contributed by atoms with Gasteiger partial charge in [0.25, 0.3) is 0 Å². The van der Waals surface area contributed by atoms with Gasteiger partial charge in [0.05, 0.1) is 5.52 Å². The molecule has 5 heteroatoms. The van der Waals surface area contributed by atoms with Crippen molar-refractivity contribution in [1.82, 2.24) is 9.97 Å². The van der Waals surface area contributed by atoms with Gasteiger partial charge in [0.15, 0.2) is 0 Å². The molecule has 0 aliphatic carbocycles. The molecule has 140 valence electrons. The van der Waals surface area contributed by atoms with Crippen molar-refractivity contribution in [3.8, 4) is 0 Å². The van der Waals surface area contributed by atoms with E-state index in [1.807, 2.05) is 29.5 Å². The van der Waals surface area contributed by atoms with E-state index < -0.39 is 0 Å². The Labute approximate surface area is 168 Å². The smallest absolute Gasteiger partial charge is 0.228 e. The summed E-state index contributed by atoms with van der Waals surface area (Å²) in [6.45, 7) is 2.61. The summed E-state index contributed by atoms with van der Waals surface area (Å²) >= 11 is 1.87. The minimum atomic E-state index is 0.746. The molecule has 2 aromatic carbocycles. The van der Waals surface area contributed by atoms with Crippen molar-refractivity contribution in [3.63, 3.8) is 0 Å². The van der Waals surface area contributed by atoms with Gasteiger partial charge < -0.3 is 10.2 Å². The molecular formula is C23H22N4S. The van der Waals surface area contributed by atoms with E-state index in [4.69, 9.17) is 9.97 Å². The van der Waals surface area contributed by atoms with Gasteiger partial charge in [0.1, 0.15) is 5.82 Å². The molecule has 1 N–H and O–H groups in total. The van der Waals surface area contributed by atoms with Crippen LogP contribution in [-0.2, 0) is 19.5 Å². The van der Waals surface area contributed by atoms with E-state index in [1.165, 1.54) is 16.0 Å². The Bertz CT molecular complexity index is 1090. The molecule has 3 heterocycles. The van der Waals surface area contributed by atoms with Crippen molar-refractivity contribution in [2.75, 3.05) is 16.8 Å². The molecule has 0 unspecified atom stereocenters. The molecular weight excluding hydrogens is 364 g/mol. The van der Waals surface area contributed by atoms with Gasteiger partial charge >= 0.3 is 0 Å². The second kappa shape index (κ2) is 7.60. The molecule has 0 saturated carbocycles. The first-order valence-corrected chi connectivity index (χ1v) is 10.6. The largest absolute Gasteiger partial charge is 0.365 e. The second-order valence-electron chi connectivity index (χ2n) is 7.12. The van der Waals surface area contributed by atoms with Crippen LogP contribution in [0.25, 0.3) is 10.9 Å². The van der Waals surface area contributed by atoms with Crippen LogP contribution in [0.5, 0.6) is 0 Å². The molecule has 0 atom stereocenters. The molecule has 0 bridgehead atoms. The normalized spacial score (nSPS) is 13.9. The third-order valence-electron chi connectivity index (χ3n) is 5.21. The first-order valence-electron chi connectivity index (χ1n) is 9.71. The zero-order valence-electron chi connectivity index (χ0n) is 15.6. The molecule has 28 heavy (non-hydrogen) atoms. The summed E-state index contributed by atoms with van der Waals surface area (Å²) in [5, 5.41) is 6.80. The molecule has 4 aromatic rings. The van der Waals surface area contributed by atoms with Gasteiger partial charge in [-0.1, -0.05) is 42.5 Å². The fourth-order valence-electron chi connectivity index (χ4n) is 3.74. The molecule has 0 saturated heterocycles. The third-order valence-corrected chi connectivity index (χ3v) is 6.23. The minimum absolute atomic E-state index is 0.746. The predicted octanol–water partition coefficient (Wildman–Crippen LogP) is 5.26. The average molecular weight is 387 g/mol. The van der Waals surface area contributed by atoms with Crippen LogP contribution in [-0.4, -0.2) is 16.5 Å². The summed E-state index contributed by atoms with van der Waals surface area (Å²) in [5.41, 5.74) is 3.64. The Morgan fingerprint density at radius 3 is 2.75 bits per heavy atom. The highest BCUT2D eigenvalue weighted by Crippen LogP contribution is 2.28. The number of thiophene rings is 1. The van der Waals surface area contributed by atoms with E-state index >= 15 is 0 Å². The van der Waals surface area contributed by atoms with E-state index in [-0.39, 0.29) is 0 Å². The number of anilines is 2. The summed E-state index contributed by atoms with van der Waals surface area (Å²) in [5.74, 6) is 1.72. The van der Waals surface area contributed by atoms with Crippen LogP contribution >= 0.6 is 11.3 Å². The summed E-state index contributed by atoms with van der Waals surface area (Å²) in [4.78, 5) is 13.7. The van der Waals surface area contributed by atoms with Gasteiger partial charge in [0, 0.05) is 29.9 Å². The number of para-hydroxylation sites is 1. The number of aryl methyl sites for hydroxylation is 1. The Balaban J connectivity index is 1.49. The van der Waals surface area contributed by atoms with E-state index in [0.717, 1.165) is 55.1 Å². The average Bonchev–Trinajstić information content (AvgIpc) is 3.09. The lowest BCUT2D eigenvalue weighted by molar-refractivity contribution is 0.744. The fraction of sp³-hybridized carbons (Fsp3) is 0.217. The molecule has 0 radical (unpaired) electrons. The predicted molar refractivity (Wildman–Crippen MR) is 117 cm³/mol. The fourth-order valence-corrected chi connectivity index (χ4v) is 4.68. The lowest BCUT2D eigenvalue weighted by Crippen LogP contribution is -2.25. The molecule has 0 spiro atoms. The van der Waals surface area contributed by atoms with Crippen LogP contribution < -0.4 is 10.2 Å². The van der Waals surface area contributed by atoms with Gasteiger partial charge in [-0.15, -0.1) is 11.3 Å². The molecule has 5 rings (SSSR count). The summed E-state index contributed by atoms with van der Waals surface area (Å²) in [6.07, 6.45) is 2.28. The topological polar surface area (TPSA) is 41.1 Å². The molecule has 1 aliphatic heterocycles. The highest BCUT2D eigenvalue weighted by atomic mass is 32.1. The van der Waals surface area contributed by atoms with Gasteiger partial charge in [-0.05, 0) is 47.5 Å². The van der Waals surface area contributed by atoms with Crippen LogP contribution in [0.15, 0.2) is 66.0 Å². The van der Waals surface area contributed by atoms with Crippen molar-refractivity contribution in [2.24, 2.45) is 0 Å². The number of rotatable bonds is 4. The van der Waals surface area contributed by atoms with Gasteiger partial charge in [0.2, 0.25) is 5.95 Å². The lowest BCUT2D eigenvalue weighted by atomic mass is 10.2. The quantitative estimate of drug-likeness (QED) is 0.520. The number of nitrogens with one attached hydrogen (secondary N) is 1. The SMILES string of the molecule is c1ccc(CNc2nc(N3CCCc4sccc4C3)nc3ccccc23)cc1. The third kappa shape index (κ3) is 3.45. The summed E-state index contributed by atoms with van der Waals surface area (Å²) in [6, 6.07) is 20.9. The van der Waals surface area contributed by atoms with Crippen LogP contribution in [0.2, 0.25) is 0 Å². The molecule has 4 nitrogen and oxygen atoms in total. The van der Waals surface area contributed by atoms with E-state index in [0.29, 0.717) is 0 Å². The Hall–Kier alpha value is -2.92. The van der Waals surface area contributed by atoms with E-state index in [9.17, 15) is 0 Å². The molecule has 2 aromatic heterocycles. The second-order valence-corrected chi connectivity index (χ2v) is 8.12. The van der Waals surface area contributed by atoms with Crippen molar-refractivity contribution in [3.05, 3.63) is 82.0 Å². The number of fused-ring (bicyclic) bond motifs is 2. The lowest BCUT2D eigenvalue weighted by Gasteiger charge is -2.22. The van der Waals surface area contributed by atoms with Crippen molar-refractivity contribution < 1.29 is 0 Å². The van der Waals surface area contributed by atoms with Crippen molar-refractivity contribution in [2.45, 2.75) is 25.9 Å². The zero-order valence-corrected chi connectivity index (χ0v) is 16.5. The maximum absolute atomic E-state index is 4.95. The summed E-state index contributed by atoms with van der Waals surface area (Å²) < 4.78 is 0.